The smallest absolute Gasteiger partial charge is 0.0537 e. The highest BCUT2D eigenvalue weighted by molar-refractivity contribution is 5.30. The third-order valence-electron chi connectivity index (χ3n) is 7.31. The lowest BCUT2D eigenvalue weighted by atomic mass is 9.75. The summed E-state index contributed by atoms with van der Waals surface area (Å²) < 4.78 is 2.01. The molecule has 6 rings (SSSR count). The fourth-order valence-electron chi connectivity index (χ4n) is 5.75. The van der Waals surface area contributed by atoms with E-state index in [0.29, 0.717) is 18.0 Å². The van der Waals surface area contributed by atoms with Crippen molar-refractivity contribution in [1.82, 2.24) is 19.6 Å². The van der Waals surface area contributed by atoms with Crippen molar-refractivity contribution in [2.45, 2.75) is 51.2 Å². The first-order chi connectivity index (χ1) is 12.6. The van der Waals surface area contributed by atoms with E-state index in [4.69, 9.17) is 0 Å². The molecule has 0 radical (unpaired) electrons. The van der Waals surface area contributed by atoms with E-state index in [1.165, 1.54) is 54.9 Å². The van der Waals surface area contributed by atoms with Gasteiger partial charge >= 0.3 is 0 Å². The molecule has 0 N–H and O–H groups in total. The average molecular weight is 351 g/mol. The van der Waals surface area contributed by atoms with Gasteiger partial charge in [-0.1, -0.05) is 29.8 Å². The van der Waals surface area contributed by atoms with Gasteiger partial charge in [0.2, 0.25) is 0 Å². The molecule has 0 aliphatic carbocycles. The number of hydrogen-bond donors (Lipinski definition) is 0. The molecule has 4 fully saturated rings. The zero-order valence-corrected chi connectivity index (χ0v) is 16.2. The molecule has 5 heterocycles. The largest absolute Gasteiger partial charge is 0.298 e. The first-order valence-corrected chi connectivity index (χ1v) is 10.1. The van der Waals surface area contributed by atoms with E-state index in [0.717, 1.165) is 12.5 Å². The van der Waals surface area contributed by atoms with Gasteiger partial charge in [0.25, 0.3) is 0 Å². The second kappa shape index (κ2) is 6.21. The first-order valence-electron chi connectivity index (χ1n) is 10.1. The maximum absolute atomic E-state index is 4.48. The minimum absolute atomic E-state index is 0.640. The van der Waals surface area contributed by atoms with Crippen molar-refractivity contribution in [3.05, 3.63) is 52.8 Å². The molecule has 4 heteroatoms. The Morgan fingerprint density at radius 3 is 2.42 bits per heavy atom. The van der Waals surface area contributed by atoms with E-state index in [-0.39, 0.29) is 0 Å². The van der Waals surface area contributed by atoms with E-state index in [2.05, 4.69) is 66.3 Å². The van der Waals surface area contributed by atoms with Crippen molar-refractivity contribution in [1.29, 1.82) is 0 Å². The number of aryl methyl sites for hydroxylation is 2. The molecule has 2 aromatic rings. The quantitative estimate of drug-likeness (QED) is 0.850. The number of benzene rings is 1. The Morgan fingerprint density at radius 2 is 1.77 bits per heavy atom. The molecule has 138 valence electrons. The number of fused-ring (bicyclic) bond motifs is 2. The summed E-state index contributed by atoms with van der Waals surface area (Å²) in [5.74, 6) is 1.51. The summed E-state index contributed by atoms with van der Waals surface area (Å²) in [6, 6.07) is 10.7. The summed E-state index contributed by atoms with van der Waals surface area (Å²) in [6.07, 6.45) is 4.83. The standard InChI is InChI=1S/C22H30N4/c1-15-4-6-17(7-5-15)20-14-26(13-19-12-23-24(3)16(19)2)21-18-8-10-25(11-9-18)22(20)21/h4-7,12,18,20-22H,8-11,13-14H2,1-3H3/t20-,21+,22+/m0/s1. The lowest BCUT2D eigenvalue weighted by Gasteiger charge is -2.51. The van der Waals surface area contributed by atoms with Crippen LogP contribution in [0.2, 0.25) is 0 Å². The van der Waals surface area contributed by atoms with Crippen molar-refractivity contribution in [3.8, 4) is 0 Å². The fourth-order valence-corrected chi connectivity index (χ4v) is 5.75. The zero-order chi connectivity index (χ0) is 17.8. The highest BCUT2D eigenvalue weighted by atomic mass is 15.3. The summed E-state index contributed by atoms with van der Waals surface area (Å²) in [7, 11) is 2.05. The average Bonchev–Trinajstić information content (AvgIpc) is 3.21. The fraction of sp³-hybridized carbons (Fsp3) is 0.591. The lowest BCUT2D eigenvalue weighted by Crippen LogP contribution is -2.59. The number of likely N-dealkylation sites (tertiary alicyclic amines) is 1. The van der Waals surface area contributed by atoms with Crippen LogP contribution in [0.4, 0.5) is 0 Å². The van der Waals surface area contributed by atoms with E-state index in [1.807, 2.05) is 4.68 Å². The maximum Gasteiger partial charge on any atom is 0.0537 e. The van der Waals surface area contributed by atoms with Gasteiger partial charge in [-0.2, -0.15) is 5.10 Å². The van der Waals surface area contributed by atoms with E-state index < -0.39 is 0 Å². The van der Waals surface area contributed by atoms with Gasteiger partial charge in [0, 0.05) is 49.4 Å². The van der Waals surface area contributed by atoms with Crippen LogP contribution >= 0.6 is 0 Å². The Bertz CT molecular complexity index is 785. The van der Waals surface area contributed by atoms with Gasteiger partial charge in [0.05, 0.1) is 6.20 Å². The Morgan fingerprint density at radius 1 is 1.04 bits per heavy atom. The third kappa shape index (κ3) is 2.54. The molecule has 2 bridgehead atoms. The number of nitrogens with zero attached hydrogens (tertiary/aromatic N) is 4. The normalized spacial score (nSPS) is 33.6. The third-order valence-corrected chi connectivity index (χ3v) is 7.31. The van der Waals surface area contributed by atoms with E-state index in [1.54, 1.807) is 0 Å². The predicted molar refractivity (Wildman–Crippen MR) is 104 cm³/mol. The number of rotatable bonds is 3. The van der Waals surface area contributed by atoms with Crippen LogP contribution < -0.4 is 0 Å². The summed E-state index contributed by atoms with van der Waals surface area (Å²) in [5.41, 5.74) is 5.59. The van der Waals surface area contributed by atoms with Crippen molar-refractivity contribution < 1.29 is 0 Å². The maximum atomic E-state index is 4.48. The Hall–Kier alpha value is -1.65. The number of piperidine rings is 3. The molecule has 0 unspecified atom stereocenters. The monoisotopic (exact) mass is 350 g/mol. The molecule has 3 atom stereocenters. The molecule has 1 aromatic carbocycles. The first kappa shape index (κ1) is 16.5. The van der Waals surface area contributed by atoms with Crippen LogP contribution in [0.1, 0.15) is 41.1 Å². The molecular formula is C22H30N4. The van der Waals surface area contributed by atoms with Gasteiger partial charge < -0.3 is 0 Å². The zero-order valence-electron chi connectivity index (χ0n) is 16.2. The summed E-state index contributed by atoms with van der Waals surface area (Å²) in [4.78, 5) is 5.58. The van der Waals surface area contributed by atoms with Crippen LogP contribution in [0, 0.1) is 19.8 Å². The minimum atomic E-state index is 0.640. The van der Waals surface area contributed by atoms with Gasteiger partial charge in [0.15, 0.2) is 0 Å². The van der Waals surface area contributed by atoms with Crippen molar-refractivity contribution in [2.24, 2.45) is 13.0 Å². The highest BCUT2D eigenvalue weighted by Gasteiger charge is 2.53. The highest BCUT2D eigenvalue weighted by Crippen LogP contribution is 2.47. The molecule has 0 amide bonds. The Labute approximate surface area is 156 Å². The molecule has 4 nitrogen and oxygen atoms in total. The van der Waals surface area contributed by atoms with Crippen LogP contribution in [0.15, 0.2) is 30.5 Å². The summed E-state index contributed by atoms with van der Waals surface area (Å²) in [6.45, 7) is 9.21. The minimum Gasteiger partial charge on any atom is -0.298 e. The summed E-state index contributed by atoms with van der Waals surface area (Å²) >= 11 is 0. The SMILES string of the molecule is Cc1ccc([C@@H]2CN(Cc3cnn(C)c3C)[C@@H]3C4CCN(CC4)[C@@H]32)cc1. The Balaban J connectivity index is 1.48. The molecule has 0 saturated carbocycles. The Kier molecular flexibility index (Phi) is 3.94. The molecular weight excluding hydrogens is 320 g/mol. The van der Waals surface area contributed by atoms with Crippen LogP contribution in [0.3, 0.4) is 0 Å². The second-order valence-electron chi connectivity index (χ2n) is 8.68. The predicted octanol–water partition coefficient (Wildman–Crippen LogP) is 3.10. The lowest BCUT2D eigenvalue weighted by molar-refractivity contribution is -0.00873. The van der Waals surface area contributed by atoms with Crippen molar-refractivity contribution >= 4 is 0 Å². The van der Waals surface area contributed by atoms with E-state index >= 15 is 0 Å². The van der Waals surface area contributed by atoms with Gasteiger partial charge in [-0.25, -0.2) is 0 Å². The van der Waals surface area contributed by atoms with E-state index in [9.17, 15) is 0 Å². The molecule has 4 aliphatic rings. The summed E-state index contributed by atoms with van der Waals surface area (Å²) in [5, 5.41) is 4.48. The van der Waals surface area contributed by atoms with Gasteiger partial charge in [-0.3, -0.25) is 14.5 Å². The molecule has 0 spiro atoms. The van der Waals surface area contributed by atoms with Crippen LogP contribution in [0.25, 0.3) is 0 Å². The van der Waals surface area contributed by atoms with Crippen molar-refractivity contribution in [3.63, 3.8) is 0 Å². The second-order valence-corrected chi connectivity index (χ2v) is 8.68. The topological polar surface area (TPSA) is 24.3 Å². The van der Waals surface area contributed by atoms with Crippen LogP contribution in [-0.2, 0) is 13.6 Å². The molecule has 4 saturated heterocycles. The molecule has 4 aliphatic heterocycles. The van der Waals surface area contributed by atoms with Crippen LogP contribution in [-0.4, -0.2) is 51.3 Å². The van der Waals surface area contributed by atoms with Crippen LogP contribution in [0.5, 0.6) is 0 Å². The molecule has 26 heavy (non-hydrogen) atoms. The number of aromatic nitrogens is 2. The van der Waals surface area contributed by atoms with Gasteiger partial charge in [0.1, 0.15) is 0 Å². The van der Waals surface area contributed by atoms with Gasteiger partial charge in [-0.15, -0.1) is 0 Å². The van der Waals surface area contributed by atoms with Gasteiger partial charge in [-0.05, 0) is 51.3 Å². The number of hydrogen-bond acceptors (Lipinski definition) is 3. The molecule has 1 aromatic heterocycles. The van der Waals surface area contributed by atoms with Crippen molar-refractivity contribution in [2.75, 3.05) is 19.6 Å².